The second-order valence-electron chi connectivity index (χ2n) is 3.71. The molecule has 1 aromatic heterocycles. The van der Waals surface area contributed by atoms with Crippen LogP contribution < -0.4 is 5.73 Å². The van der Waals surface area contributed by atoms with E-state index in [0.29, 0.717) is 5.95 Å². The van der Waals surface area contributed by atoms with Crippen molar-refractivity contribution in [2.45, 2.75) is 19.4 Å². The second-order valence-corrected chi connectivity index (χ2v) is 4.15. The van der Waals surface area contributed by atoms with Gasteiger partial charge in [-0.25, -0.2) is 4.98 Å². The average Bonchev–Trinajstić information content (AvgIpc) is 2.68. The van der Waals surface area contributed by atoms with Gasteiger partial charge in [-0.15, -0.1) is 0 Å². The van der Waals surface area contributed by atoms with Crippen LogP contribution in [0, 0.1) is 0 Å². The fourth-order valence-corrected chi connectivity index (χ4v) is 1.76. The fourth-order valence-electron chi connectivity index (χ4n) is 1.63. The van der Waals surface area contributed by atoms with Gasteiger partial charge in [-0.05, 0) is 30.5 Å². The molecule has 0 aliphatic carbocycles. The summed E-state index contributed by atoms with van der Waals surface area (Å²) >= 11 is 5.82. The quantitative estimate of drug-likeness (QED) is 0.886. The summed E-state index contributed by atoms with van der Waals surface area (Å²) in [6, 6.07) is 7.95. The van der Waals surface area contributed by atoms with Crippen LogP contribution in [0.3, 0.4) is 0 Å². The monoisotopic (exact) mass is 235 g/mol. The van der Waals surface area contributed by atoms with Crippen molar-refractivity contribution in [3.05, 3.63) is 47.2 Å². The number of nitrogen functional groups attached to an aromatic ring is 1. The Balaban J connectivity index is 1.84. The van der Waals surface area contributed by atoms with Crippen LogP contribution in [0.15, 0.2) is 36.7 Å². The van der Waals surface area contributed by atoms with Crippen molar-refractivity contribution >= 4 is 17.5 Å². The van der Waals surface area contributed by atoms with E-state index in [1.54, 1.807) is 6.20 Å². The van der Waals surface area contributed by atoms with Gasteiger partial charge in [0.15, 0.2) is 5.95 Å². The molecule has 0 radical (unpaired) electrons. The average molecular weight is 236 g/mol. The summed E-state index contributed by atoms with van der Waals surface area (Å²) < 4.78 is 1.95. The number of halogens is 1. The Kier molecular flexibility index (Phi) is 3.47. The van der Waals surface area contributed by atoms with Crippen molar-refractivity contribution < 1.29 is 0 Å². The van der Waals surface area contributed by atoms with E-state index in [1.165, 1.54) is 5.56 Å². The predicted octanol–water partition coefficient (Wildman–Crippen LogP) is 2.75. The number of nitrogens with two attached hydrogens (primary N) is 1. The maximum atomic E-state index is 5.82. The van der Waals surface area contributed by atoms with Gasteiger partial charge >= 0.3 is 0 Å². The van der Waals surface area contributed by atoms with E-state index in [2.05, 4.69) is 17.1 Å². The first-order chi connectivity index (χ1) is 7.75. The van der Waals surface area contributed by atoms with Gasteiger partial charge in [0.2, 0.25) is 0 Å². The van der Waals surface area contributed by atoms with Gasteiger partial charge in [-0.1, -0.05) is 23.7 Å². The minimum atomic E-state index is 0.580. The molecule has 1 heterocycles. The number of nitrogens with zero attached hydrogens (tertiary/aromatic N) is 2. The fraction of sp³-hybridized carbons (Fsp3) is 0.250. The Morgan fingerprint density at radius 1 is 1.25 bits per heavy atom. The lowest BCUT2D eigenvalue weighted by Gasteiger charge is -2.04. The number of anilines is 1. The number of aryl methyl sites for hydroxylation is 2. The number of benzene rings is 1. The molecule has 0 aliphatic heterocycles. The molecule has 0 bridgehead atoms. The first-order valence-corrected chi connectivity index (χ1v) is 5.64. The summed E-state index contributed by atoms with van der Waals surface area (Å²) in [4.78, 5) is 3.98. The Morgan fingerprint density at radius 2 is 2.00 bits per heavy atom. The topological polar surface area (TPSA) is 43.8 Å². The summed E-state index contributed by atoms with van der Waals surface area (Å²) in [5.74, 6) is 0.580. The van der Waals surface area contributed by atoms with Crippen LogP contribution in [-0.2, 0) is 13.0 Å². The lowest BCUT2D eigenvalue weighted by atomic mass is 10.1. The van der Waals surface area contributed by atoms with E-state index in [4.69, 9.17) is 17.3 Å². The molecule has 2 aromatic rings. The van der Waals surface area contributed by atoms with E-state index in [-0.39, 0.29) is 0 Å². The molecule has 0 amide bonds. The molecule has 16 heavy (non-hydrogen) atoms. The van der Waals surface area contributed by atoms with Crippen LogP contribution in [0.4, 0.5) is 5.95 Å². The minimum Gasteiger partial charge on any atom is -0.369 e. The molecule has 2 N–H and O–H groups in total. The van der Waals surface area contributed by atoms with Crippen LogP contribution in [0.5, 0.6) is 0 Å². The molecular weight excluding hydrogens is 222 g/mol. The Bertz CT molecular complexity index is 448. The highest BCUT2D eigenvalue weighted by molar-refractivity contribution is 6.30. The zero-order valence-corrected chi connectivity index (χ0v) is 9.69. The van der Waals surface area contributed by atoms with Gasteiger partial charge in [-0.3, -0.25) is 0 Å². The van der Waals surface area contributed by atoms with Crippen molar-refractivity contribution in [1.82, 2.24) is 9.55 Å². The molecule has 0 saturated carbocycles. The maximum Gasteiger partial charge on any atom is 0.200 e. The molecule has 0 spiro atoms. The molecule has 0 aliphatic rings. The predicted molar refractivity (Wildman–Crippen MR) is 66.4 cm³/mol. The van der Waals surface area contributed by atoms with E-state index in [0.717, 1.165) is 24.4 Å². The number of hydrogen-bond acceptors (Lipinski definition) is 2. The molecule has 1 aromatic carbocycles. The number of hydrogen-bond donors (Lipinski definition) is 1. The molecule has 0 saturated heterocycles. The zero-order valence-electron chi connectivity index (χ0n) is 8.94. The Hall–Kier alpha value is -1.48. The highest BCUT2D eigenvalue weighted by Crippen LogP contribution is 2.11. The Morgan fingerprint density at radius 3 is 2.62 bits per heavy atom. The smallest absolute Gasteiger partial charge is 0.200 e. The standard InChI is InChI=1S/C12H14ClN3/c13-11-5-3-10(4-6-11)2-1-8-16-9-7-15-12(16)14/h3-7,9H,1-2,8H2,(H2,14,15). The molecule has 3 nitrogen and oxygen atoms in total. The molecule has 0 unspecified atom stereocenters. The first kappa shape index (κ1) is 11.0. The third-order valence-electron chi connectivity index (χ3n) is 2.53. The second kappa shape index (κ2) is 5.03. The van der Waals surface area contributed by atoms with Gasteiger partial charge in [0, 0.05) is 24.0 Å². The summed E-state index contributed by atoms with van der Waals surface area (Å²) in [6.45, 7) is 0.897. The van der Waals surface area contributed by atoms with Crippen LogP contribution in [0.1, 0.15) is 12.0 Å². The molecule has 0 atom stereocenters. The number of rotatable bonds is 4. The third kappa shape index (κ3) is 2.76. The highest BCUT2D eigenvalue weighted by atomic mass is 35.5. The summed E-state index contributed by atoms with van der Waals surface area (Å²) in [5, 5.41) is 0.780. The highest BCUT2D eigenvalue weighted by Gasteiger charge is 1.98. The van der Waals surface area contributed by atoms with Crippen LogP contribution in [0.25, 0.3) is 0 Å². The maximum absolute atomic E-state index is 5.82. The minimum absolute atomic E-state index is 0.580. The SMILES string of the molecule is Nc1nccn1CCCc1ccc(Cl)cc1. The molecule has 4 heteroatoms. The van der Waals surface area contributed by atoms with Gasteiger partial charge in [0.05, 0.1) is 0 Å². The number of aromatic nitrogens is 2. The van der Waals surface area contributed by atoms with Crippen molar-refractivity contribution in [3.63, 3.8) is 0 Å². The van der Waals surface area contributed by atoms with E-state index >= 15 is 0 Å². The van der Waals surface area contributed by atoms with Gasteiger partial charge in [0.1, 0.15) is 0 Å². The zero-order chi connectivity index (χ0) is 11.4. The third-order valence-corrected chi connectivity index (χ3v) is 2.78. The van der Waals surface area contributed by atoms with E-state index in [1.807, 2.05) is 22.9 Å². The van der Waals surface area contributed by atoms with Crippen LogP contribution in [0.2, 0.25) is 5.02 Å². The first-order valence-electron chi connectivity index (χ1n) is 5.27. The largest absolute Gasteiger partial charge is 0.369 e. The van der Waals surface area contributed by atoms with E-state index in [9.17, 15) is 0 Å². The summed E-state index contributed by atoms with van der Waals surface area (Å²) in [6.07, 6.45) is 5.69. The summed E-state index contributed by atoms with van der Waals surface area (Å²) in [7, 11) is 0. The Labute approximate surface area is 99.9 Å². The van der Waals surface area contributed by atoms with Gasteiger partial charge in [-0.2, -0.15) is 0 Å². The lowest BCUT2D eigenvalue weighted by molar-refractivity contribution is 0.650. The van der Waals surface area contributed by atoms with Crippen molar-refractivity contribution in [2.75, 3.05) is 5.73 Å². The lowest BCUT2D eigenvalue weighted by Crippen LogP contribution is -2.03. The van der Waals surface area contributed by atoms with Gasteiger partial charge < -0.3 is 10.3 Å². The van der Waals surface area contributed by atoms with Crippen LogP contribution >= 0.6 is 11.6 Å². The molecular formula is C12H14ClN3. The number of imidazole rings is 1. The normalized spacial score (nSPS) is 10.6. The summed E-state index contributed by atoms with van der Waals surface area (Å²) in [5.41, 5.74) is 6.97. The molecule has 2 rings (SSSR count). The molecule has 84 valence electrons. The van der Waals surface area contributed by atoms with Crippen molar-refractivity contribution in [3.8, 4) is 0 Å². The van der Waals surface area contributed by atoms with Crippen LogP contribution in [-0.4, -0.2) is 9.55 Å². The van der Waals surface area contributed by atoms with Crippen molar-refractivity contribution in [2.24, 2.45) is 0 Å². The van der Waals surface area contributed by atoms with Crippen molar-refractivity contribution in [1.29, 1.82) is 0 Å². The van der Waals surface area contributed by atoms with E-state index < -0.39 is 0 Å². The molecule has 0 fully saturated rings. The van der Waals surface area contributed by atoms with Gasteiger partial charge in [0.25, 0.3) is 0 Å².